The third-order valence-electron chi connectivity index (χ3n) is 2.55. The highest BCUT2D eigenvalue weighted by Crippen LogP contribution is 2.17. The molecule has 0 aromatic heterocycles. The zero-order valence-corrected chi connectivity index (χ0v) is 11.0. The lowest BCUT2D eigenvalue weighted by Crippen LogP contribution is -2.35. The number of methoxy groups -OCH3 is 1. The van der Waals surface area contributed by atoms with E-state index in [4.69, 9.17) is 4.74 Å². The number of carbonyl (C=O) groups excluding carboxylic acids is 1. The summed E-state index contributed by atoms with van der Waals surface area (Å²) in [6.45, 7) is 6.36. The third-order valence-corrected chi connectivity index (χ3v) is 2.55. The Morgan fingerprint density at radius 2 is 1.94 bits per heavy atom. The van der Waals surface area contributed by atoms with Gasteiger partial charge in [-0.25, -0.2) is 0 Å². The molecule has 1 amide bonds. The maximum atomic E-state index is 11.7. The molecule has 0 aliphatic heterocycles. The van der Waals surface area contributed by atoms with Crippen LogP contribution in [0, 0.1) is 5.41 Å². The Morgan fingerprint density at radius 1 is 1.29 bits per heavy atom. The number of carbonyl (C=O) groups is 1. The van der Waals surface area contributed by atoms with Crippen LogP contribution in [-0.4, -0.2) is 19.6 Å². The van der Waals surface area contributed by atoms with Crippen LogP contribution in [0.5, 0.6) is 5.75 Å². The maximum absolute atomic E-state index is 11.7. The molecule has 1 N–H and O–H groups in total. The molecule has 0 aliphatic rings. The van der Waals surface area contributed by atoms with Gasteiger partial charge in [-0.15, -0.1) is 0 Å². The number of hydrogen-bond acceptors (Lipinski definition) is 2. The first-order chi connectivity index (χ1) is 7.95. The predicted octanol–water partition coefficient (Wildman–Crippen LogP) is 2.40. The maximum Gasteiger partial charge on any atom is 0.225 e. The Bertz CT molecular complexity index is 380. The number of benzene rings is 1. The number of para-hydroxylation sites is 1. The second-order valence-electron chi connectivity index (χ2n) is 5.07. The summed E-state index contributed by atoms with van der Waals surface area (Å²) < 4.78 is 5.26. The zero-order valence-electron chi connectivity index (χ0n) is 11.0. The highest BCUT2D eigenvalue weighted by molar-refractivity contribution is 5.81. The van der Waals surface area contributed by atoms with Gasteiger partial charge >= 0.3 is 0 Å². The Hall–Kier alpha value is -1.51. The largest absolute Gasteiger partial charge is 0.496 e. The van der Waals surface area contributed by atoms with Crippen molar-refractivity contribution in [1.29, 1.82) is 0 Å². The number of ether oxygens (including phenoxy) is 1. The summed E-state index contributed by atoms with van der Waals surface area (Å²) in [7, 11) is 1.66. The van der Waals surface area contributed by atoms with Crippen molar-refractivity contribution in [2.24, 2.45) is 5.41 Å². The molecule has 0 fully saturated rings. The van der Waals surface area contributed by atoms with E-state index in [-0.39, 0.29) is 11.3 Å². The molecule has 0 bridgehead atoms. The van der Waals surface area contributed by atoms with Crippen molar-refractivity contribution in [2.75, 3.05) is 13.7 Å². The monoisotopic (exact) mass is 235 g/mol. The fraction of sp³-hybridized carbons (Fsp3) is 0.500. The van der Waals surface area contributed by atoms with Crippen LogP contribution in [0.1, 0.15) is 26.3 Å². The van der Waals surface area contributed by atoms with Crippen LogP contribution in [0.15, 0.2) is 24.3 Å². The molecule has 0 atom stereocenters. The molecule has 94 valence electrons. The highest BCUT2D eigenvalue weighted by atomic mass is 16.5. The summed E-state index contributed by atoms with van der Waals surface area (Å²) in [6.07, 6.45) is 0.784. The van der Waals surface area contributed by atoms with Crippen molar-refractivity contribution in [1.82, 2.24) is 5.32 Å². The minimum atomic E-state index is -0.333. The van der Waals surface area contributed by atoms with Crippen molar-refractivity contribution >= 4 is 5.91 Å². The van der Waals surface area contributed by atoms with E-state index in [1.54, 1.807) is 7.11 Å². The summed E-state index contributed by atoms with van der Waals surface area (Å²) in [5, 5.41) is 2.93. The first kappa shape index (κ1) is 13.6. The van der Waals surface area contributed by atoms with Gasteiger partial charge in [0.05, 0.1) is 7.11 Å². The quantitative estimate of drug-likeness (QED) is 0.870. The molecule has 0 saturated heterocycles. The fourth-order valence-electron chi connectivity index (χ4n) is 1.49. The first-order valence-electron chi connectivity index (χ1n) is 5.85. The van der Waals surface area contributed by atoms with E-state index in [0.717, 1.165) is 17.7 Å². The normalized spacial score (nSPS) is 11.1. The minimum absolute atomic E-state index is 0.0763. The SMILES string of the molecule is COc1ccccc1CCNC(=O)C(C)(C)C. The van der Waals surface area contributed by atoms with Crippen LogP contribution in [0.3, 0.4) is 0 Å². The Morgan fingerprint density at radius 3 is 2.53 bits per heavy atom. The predicted molar refractivity (Wildman–Crippen MR) is 69.2 cm³/mol. The molecular formula is C14H21NO2. The van der Waals surface area contributed by atoms with Crippen molar-refractivity contribution < 1.29 is 9.53 Å². The fourth-order valence-corrected chi connectivity index (χ4v) is 1.49. The number of amides is 1. The lowest BCUT2D eigenvalue weighted by molar-refractivity contribution is -0.128. The molecular weight excluding hydrogens is 214 g/mol. The summed E-state index contributed by atoms with van der Waals surface area (Å²) in [4.78, 5) is 11.7. The Kier molecular flexibility index (Phi) is 4.55. The highest BCUT2D eigenvalue weighted by Gasteiger charge is 2.20. The summed E-state index contributed by atoms with van der Waals surface area (Å²) >= 11 is 0. The van der Waals surface area contributed by atoms with E-state index in [9.17, 15) is 4.79 Å². The van der Waals surface area contributed by atoms with Gasteiger partial charge in [0.2, 0.25) is 5.91 Å². The topological polar surface area (TPSA) is 38.3 Å². The van der Waals surface area contributed by atoms with Crippen LogP contribution in [0.2, 0.25) is 0 Å². The van der Waals surface area contributed by atoms with Gasteiger partial charge in [0.15, 0.2) is 0 Å². The van der Waals surface area contributed by atoms with Crippen LogP contribution in [0.4, 0.5) is 0 Å². The van der Waals surface area contributed by atoms with Crippen molar-refractivity contribution in [3.63, 3.8) is 0 Å². The number of nitrogens with one attached hydrogen (secondary N) is 1. The van der Waals surface area contributed by atoms with Gasteiger partial charge in [0.25, 0.3) is 0 Å². The first-order valence-corrected chi connectivity index (χ1v) is 5.85. The second-order valence-corrected chi connectivity index (χ2v) is 5.07. The average molecular weight is 235 g/mol. The van der Waals surface area contributed by atoms with E-state index in [1.165, 1.54) is 0 Å². The number of hydrogen-bond donors (Lipinski definition) is 1. The van der Waals surface area contributed by atoms with E-state index in [0.29, 0.717) is 6.54 Å². The van der Waals surface area contributed by atoms with Crippen LogP contribution in [0.25, 0.3) is 0 Å². The van der Waals surface area contributed by atoms with Gasteiger partial charge in [0, 0.05) is 12.0 Å². The van der Waals surface area contributed by atoms with Crippen LogP contribution >= 0.6 is 0 Å². The number of rotatable bonds is 4. The molecule has 1 aromatic rings. The minimum Gasteiger partial charge on any atom is -0.496 e. The van der Waals surface area contributed by atoms with Crippen molar-refractivity contribution in [3.8, 4) is 5.75 Å². The van der Waals surface area contributed by atoms with Gasteiger partial charge in [-0.2, -0.15) is 0 Å². The molecule has 3 heteroatoms. The zero-order chi connectivity index (χ0) is 12.9. The van der Waals surface area contributed by atoms with Gasteiger partial charge in [-0.3, -0.25) is 4.79 Å². The van der Waals surface area contributed by atoms with Gasteiger partial charge in [-0.1, -0.05) is 39.0 Å². The van der Waals surface area contributed by atoms with Crippen LogP contribution < -0.4 is 10.1 Å². The van der Waals surface area contributed by atoms with E-state index < -0.39 is 0 Å². The van der Waals surface area contributed by atoms with Gasteiger partial charge in [0.1, 0.15) is 5.75 Å². The molecule has 0 saturated carbocycles. The van der Waals surface area contributed by atoms with Crippen molar-refractivity contribution in [2.45, 2.75) is 27.2 Å². The molecule has 0 unspecified atom stereocenters. The van der Waals surface area contributed by atoms with Crippen LogP contribution in [-0.2, 0) is 11.2 Å². The molecule has 0 spiro atoms. The lowest BCUT2D eigenvalue weighted by atomic mass is 9.95. The molecule has 1 aromatic carbocycles. The molecule has 0 aliphatic carbocycles. The van der Waals surface area contributed by atoms with E-state index in [2.05, 4.69) is 5.32 Å². The van der Waals surface area contributed by atoms with Gasteiger partial charge in [-0.05, 0) is 18.1 Å². The summed E-state index contributed by atoms with van der Waals surface area (Å²) in [5.74, 6) is 0.949. The Balaban J connectivity index is 2.49. The molecule has 17 heavy (non-hydrogen) atoms. The molecule has 0 heterocycles. The average Bonchev–Trinajstić information content (AvgIpc) is 2.28. The summed E-state index contributed by atoms with van der Waals surface area (Å²) in [6, 6.07) is 7.86. The third kappa shape index (κ3) is 4.10. The van der Waals surface area contributed by atoms with E-state index in [1.807, 2.05) is 45.0 Å². The smallest absolute Gasteiger partial charge is 0.225 e. The molecule has 3 nitrogen and oxygen atoms in total. The second kappa shape index (κ2) is 5.71. The standard InChI is InChI=1S/C14H21NO2/c1-14(2,3)13(16)15-10-9-11-7-5-6-8-12(11)17-4/h5-8H,9-10H2,1-4H3,(H,15,16). The van der Waals surface area contributed by atoms with Gasteiger partial charge < -0.3 is 10.1 Å². The summed E-state index contributed by atoms with van der Waals surface area (Å²) in [5.41, 5.74) is 0.782. The molecule has 1 rings (SSSR count). The Labute approximate surface area is 103 Å². The lowest BCUT2D eigenvalue weighted by Gasteiger charge is -2.17. The molecule has 0 radical (unpaired) electrons. The van der Waals surface area contributed by atoms with E-state index >= 15 is 0 Å². The van der Waals surface area contributed by atoms with Crippen molar-refractivity contribution in [3.05, 3.63) is 29.8 Å².